The number of hydrogen-bond acceptors (Lipinski definition) is 6. The summed E-state index contributed by atoms with van der Waals surface area (Å²) in [6, 6.07) is 8.70. The normalized spacial score (nSPS) is 17.2. The van der Waals surface area contributed by atoms with Gasteiger partial charge in [0.25, 0.3) is 11.8 Å². The maximum absolute atomic E-state index is 12.6. The molecule has 2 aliphatic rings. The molecule has 0 aliphatic carbocycles. The standard InChI is InChI=1S/C18H13NO7/c20-15(9-5-6-12-13(7-9)26-8-25-12)14(18(23)24)19-16(21)10-3-1-2-4-11(10)17(19)22/h1-7,14-15,20H,8H2,(H,23,24)/t14-,15-/m0/s1/i14+1,18+1,19+1. The third-order valence-corrected chi connectivity index (χ3v) is 4.39. The van der Waals surface area contributed by atoms with Crippen LogP contribution in [0.1, 0.15) is 32.4 Å². The first kappa shape index (κ1) is 16.1. The Morgan fingerprint density at radius 2 is 1.62 bits per heavy atom. The van der Waals surface area contributed by atoms with Crippen molar-refractivity contribution in [1.82, 2.24) is 4.90 Å². The fraction of sp³-hybridized carbons (Fsp3) is 0.167. The molecule has 26 heavy (non-hydrogen) atoms. The number of rotatable bonds is 4. The molecule has 2 amide bonds. The van der Waals surface area contributed by atoms with E-state index in [0.29, 0.717) is 16.4 Å². The SMILES string of the molecule is O=C1c2ccccc2C(=O)[15N]1[13C@@H]([C@@H](O)c1ccc2c(c1)OCO2)[13C](=O)O. The van der Waals surface area contributed by atoms with Crippen LogP contribution < -0.4 is 9.47 Å². The number of carbonyl (C=O) groups is 3. The van der Waals surface area contributed by atoms with E-state index in [1.54, 1.807) is 12.1 Å². The van der Waals surface area contributed by atoms with Crippen molar-refractivity contribution in [2.24, 2.45) is 0 Å². The number of benzene rings is 2. The molecule has 2 aromatic carbocycles. The Morgan fingerprint density at radius 3 is 2.23 bits per heavy atom. The Bertz CT molecular complexity index is 904. The number of aliphatic hydroxyl groups is 1. The molecule has 0 fully saturated rings. The second-order valence-electron chi connectivity index (χ2n) is 5.87. The molecule has 0 spiro atoms. The van der Waals surface area contributed by atoms with Crippen molar-refractivity contribution in [3.8, 4) is 11.5 Å². The first-order valence-electron chi connectivity index (χ1n) is 7.76. The average Bonchev–Trinajstić information content (AvgIpc) is 3.20. The number of aliphatic carboxylic acids is 1. The second kappa shape index (κ2) is 5.85. The van der Waals surface area contributed by atoms with Crippen molar-refractivity contribution in [3.63, 3.8) is 0 Å². The van der Waals surface area contributed by atoms with Gasteiger partial charge in [0.2, 0.25) is 6.79 Å². The van der Waals surface area contributed by atoms with Crippen LogP contribution in [0, 0.1) is 0 Å². The van der Waals surface area contributed by atoms with Crippen LogP contribution in [-0.4, -0.2) is 45.7 Å². The van der Waals surface area contributed by atoms with Gasteiger partial charge < -0.3 is 19.7 Å². The van der Waals surface area contributed by atoms with Crippen molar-refractivity contribution in [2.45, 2.75) is 12.1 Å². The molecule has 8 nitrogen and oxygen atoms in total. The molecule has 0 saturated heterocycles. The number of carboxylic acid groups (broad SMARTS) is 1. The van der Waals surface area contributed by atoms with E-state index in [-0.39, 0.29) is 23.5 Å². The van der Waals surface area contributed by atoms with Gasteiger partial charge >= 0.3 is 5.97 Å². The van der Waals surface area contributed by atoms with Gasteiger partial charge in [0.05, 0.1) is 11.1 Å². The molecule has 8 heteroatoms. The number of ether oxygens (including phenoxy) is 2. The molecule has 2 aromatic rings. The van der Waals surface area contributed by atoms with Crippen LogP contribution in [0.2, 0.25) is 0 Å². The third kappa shape index (κ3) is 2.31. The summed E-state index contributed by atoms with van der Waals surface area (Å²) in [5.74, 6) is -2.18. The Hall–Kier alpha value is -3.39. The van der Waals surface area contributed by atoms with Gasteiger partial charge in [0, 0.05) is 0 Å². The number of hydrogen-bond donors (Lipinski definition) is 2. The van der Waals surface area contributed by atoms with Gasteiger partial charge in [0.1, 0.15) is 6.10 Å². The molecular formula is C18H13NO7. The largest absolute Gasteiger partial charge is 0.480 e. The summed E-state index contributed by atoms with van der Waals surface area (Å²) < 4.78 is 10.4. The lowest BCUT2D eigenvalue weighted by atomic mass is 10.1. The van der Waals surface area contributed by atoms with E-state index in [2.05, 4.69) is 0 Å². The van der Waals surface area contributed by atoms with Gasteiger partial charge in [-0.2, -0.15) is 0 Å². The highest BCUT2D eigenvalue weighted by Crippen LogP contribution is 2.36. The Labute approximate surface area is 147 Å². The molecule has 2 N–H and O–H groups in total. The number of imide groups is 1. The lowest BCUT2D eigenvalue weighted by Gasteiger charge is -2.27. The first-order chi connectivity index (χ1) is 12.5. The highest BCUT2D eigenvalue weighted by molar-refractivity contribution is 6.22. The minimum atomic E-state index is -1.78. The average molecular weight is 358 g/mol. The lowest BCUT2D eigenvalue weighted by molar-refractivity contribution is -0.145. The Kier molecular flexibility index (Phi) is 3.62. The molecule has 132 valence electrons. The van der Waals surface area contributed by atoms with Crippen LogP contribution in [-0.2, 0) is 4.79 Å². The molecule has 0 unspecified atom stereocenters. The zero-order valence-corrected chi connectivity index (χ0v) is 13.3. The van der Waals surface area contributed by atoms with E-state index in [1.807, 2.05) is 0 Å². The van der Waals surface area contributed by atoms with E-state index in [9.17, 15) is 24.6 Å². The highest BCUT2D eigenvalue weighted by Gasteiger charge is 2.46. The van der Waals surface area contributed by atoms with Gasteiger partial charge in [-0.15, -0.1) is 0 Å². The molecule has 0 bridgehead atoms. The van der Waals surface area contributed by atoms with Gasteiger partial charge in [-0.25, -0.2) is 4.79 Å². The fourth-order valence-corrected chi connectivity index (χ4v) is 3.13. The predicted molar refractivity (Wildman–Crippen MR) is 85.9 cm³/mol. The molecule has 0 aromatic heterocycles. The molecular weight excluding hydrogens is 345 g/mol. The third-order valence-electron chi connectivity index (χ3n) is 4.39. The number of amides is 2. The minimum Gasteiger partial charge on any atom is -0.480 e. The van der Waals surface area contributed by atoms with Crippen molar-refractivity contribution >= 4 is 17.8 Å². The maximum Gasteiger partial charge on any atom is 0.330 e. The monoisotopic (exact) mass is 358 g/mol. The summed E-state index contributed by atoms with van der Waals surface area (Å²) in [4.78, 5) is 37.5. The van der Waals surface area contributed by atoms with Crippen LogP contribution in [0.4, 0.5) is 0 Å². The maximum atomic E-state index is 12.6. The van der Waals surface area contributed by atoms with Crippen LogP contribution in [0.3, 0.4) is 0 Å². The van der Waals surface area contributed by atoms with Gasteiger partial charge in [0.15, 0.2) is 17.5 Å². The summed E-state index contributed by atoms with van der Waals surface area (Å²) in [7, 11) is 0. The van der Waals surface area contributed by atoms with Gasteiger partial charge in [-0.1, -0.05) is 18.2 Å². The van der Waals surface area contributed by atoms with E-state index in [4.69, 9.17) is 9.47 Å². The number of fused-ring (bicyclic) bond motifs is 2. The van der Waals surface area contributed by atoms with Crippen molar-refractivity contribution in [2.75, 3.05) is 6.79 Å². The van der Waals surface area contributed by atoms with E-state index in [0.717, 1.165) is 0 Å². The van der Waals surface area contributed by atoms with E-state index < -0.39 is 29.9 Å². The molecule has 2 aliphatic heterocycles. The second-order valence-corrected chi connectivity index (χ2v) is 5.87. The quantitative estimate of drug-likeness (QED) is 0.479. The Morgan fingerprint density at radius 1 is 1.00 bits per heavy atom. The molecule has 2 heterocycles. The first-order valence-corrected chi connectivity index (χ1v) is 7.76. The highest BCUT2D eigenvalue weighted by atomic mass is 16.7. The summed E-state index contributed by atoms with van der Waals surface area (Å²) >= 11 is 0. The number of carbonyl (C=O) groups excluding carboxylic acids is 2. The van der Waals surface area contributed by atoms with Crippen LogP contribution in [0.15, 0.2) is 42.5 Å². The fourth-order valence-electron chi connectivity index (χ4n) is 3.13. The van der Waals surface area contributed by atoms with Crippen LogP contribution in [0.25, 0.3) is 0 Å². The van der Waals surface area contributed by atoms with Crippen LogP contribution >= 0.6 is 0 Å². The summed E-state index contributed by atoms with van der Waals surface area (Å²) in [6.07, 6.45) is -1.63. The van der Waals surface area contributed by atoms with Crippen molar-refractivity contribution in [3.05, 3.63) is 59.2 Å². The van der Waals surface area contributed by atoms with Gasteiger partial charge in [-0.3, -0.25) is 14.5 Å². The lowest BCUT2D eigenvalue weighted by Crippen LogP contribution is -2.48. The number of carboxylic acids is 1. The van der Waals surface area contributed by atoms with Crippen LogP contribution in [0.5, 0.6) is 11.5 Å². The van der Waals surface area contributed by atoms with Gasteiger partial charge in [-0.05, 0) is 29.8 Å². The number of nitrogens with zero attached hydrogens (tertiary/aromatic N) is 1. The van der Waals surface area contributed by atoms with E-state index >= 15 is 0 Å². The Balaban J connectivity index is 1.72. The molecule has 0 radical (unpaired) electrons. The topological polar surface area (TPSA) is 113 Å². The minimum absolute atomic E-state index is 0.0235. The zero-order valence-electron chi connectivity index (χ0n) is 13.3. The van der Waals surface area contributed by atoms with Crippen molar-refractivity contribution in [1.29, 1.82) is 0 Å². The smallest absolute Gasteiger partial charge is 0.330 e. The molecule has 2 atom stereocenters. The number of aliphatic hydroxyl groups excluding tert-OH is 1. The summed E-state index contributed by atoms with van der Waals surface area (Å²) in [5, 5.41) is 20.2. The van der Waals surface area contributed by atoms with Crippen molar-refractivity contribution < 1.29 is 34.1 Å². The zero-order chi connectivity index (χ0) is 18.4. The predicted octanol–water partition coefficient (Wildman–Crippen LogP) is 1.20. The summed E-state index contributed by atoms with van der Waals surface area (Å²) in [5.41, 5.74) is 0.418. The molecule has 4 rings (SSSR count). The molecule has 0 saturated carbocycles. The summed E-state index contributed by atoms with van der Waals surface area (Å²) in [6.45, 7) is 0.0235. The van der Waals surface area contributed by atoms with E-state index in [1.165, 1.54) is 30.3 Å².